The summed E-state index contributed by atoms with van der Waals surface area (Å²) in [5.74, 6) is 0. The minimum Gasteiger partial charge on any atom is -0.268 e. The van der Waals surface area contributed by atoms with Crippen LogP contribution in [0, 0.1) is 0 Å². The first-order valence-electron chi connectivity index (χ1n) is 4.50. The largest absolute Gasteiger partial charge is 0.378 e. The zero-order valence-electron chi connectivity index (χ0n) is 9.39. The van der Waals surface area contributed by atoms with Crippen LogP contribution in [0.1, 0.15) is 13.8 Å². The van der Waals surface area contributed by atoms with Gasteiger partial charge in [-0.3, -0.25) is 9.11 Å². The van der Waals surface area contributed by atoms with Crippen molar-refractivity contribution in [2.24, 2.45) is 8.80 Å². The van der Waals surface area contributed by atoms with Crippen molar-refractivity contribution < 1.29 is 25.9 Å². The molecule has 0 fully saturated rings. The van der Waals surface area contributed by atoms with Crippen LogP contribution in [-0.2, 0) is 20.6 Å². The van der Waals surface area contributed by atoms with Crippen molar-refractivity contribution in [2.75, 3.05) is 0 Å². The van der Waals surface area contributed by atoms with Crippen LogP contribution in [-0.4, -0.2) is 37.4 Å². The second-order valence-corrected chi connectivity index (χ2v) is 5.66. The lowest BCUT2D eigenvalue weighted by molar-refractivity contribution is 0.483. The molecule has 1 rings (SSSR count). The van der Waals surface area contributed by atoms with E-state index in [0.29, 0.717) is 0 Å². The lowest BCUT2D eigenvalue weighted by Gasteiger charge is -2.11. The van der Waals surface area contributed by atoms with Crippen molar-refractivity contribution in [3.8, 4) is 0 Å². The van der Waals surface area contributed by atoms with Gasteiger partial charge in [-0.15, -0.1) is 8.80 Å². The molecular weight excluding hydrogens is 284 g/mol. The Morgan fingerprint density at radius 2 is 1.11 bits per heavy atom. The van der Waals surface area contributed by atoms with Crippen molar-refractivity contribution in [3.05, 3.63) is 23.3 Å². The van der Waals surface area contributed by atoms with E-state index in [9.17, 15) is 16.8 Å². The molecule has 18 heavy (non-hydrogen) atoms. The highest BCUT2D eigenvalue weighted by Crippen LogP contribution is 2.15. The van der Waals surface area contributed by atoms with Crippen LogP contribution in [0.25, 0.3) is 0 Å². The molecule has 100 valence electrons. The molecule has 0 heterocycles. The van der Waals surface area contributed by atoms with Gasteiger partial charge in [0.25, 0.3) is 0 Å². The molecule has 0 saturated heterocycles. The highest BCUT2D eigenvalue weighted by Gasteiger charge is 2.16. The smallest absolute Gasteiger partial charge is 0.268 e. The van der Waals surface area contributed by atoms with Crippen molar-refractivity contribution in [2.45, 2.75) is 13.8 Å². The van der Waals surface area contributed by atoms with Crippen molar-refractivity contribution in [1.29, 1.82) is 0 Å². The van der Waals surface area contributed by atoms with E-state index in [4.69, 9.17) is 9.11 Å². The molecule has 0 bridgehead atoms. The van der Waals surface area contributed by atoms with E-state index in [1.165, 1.54) is 26.0 Å². The third-order valence-corrected chi connectivity index (χ3v) is 2.80. The van der Waals surface area contributed by atoms with Crippen LogP contribution in [0.4, 0.5) is 0 Å². The topological polar surface area (TPSA) is 133 Å². The molecular formula is C8H10N2O6S2. The quantitative estimate of drug-likeness (QED) is 0.558. The Balaban J connectivity index is 3.33. The number of allylic oxidation sites excluding steroid dienone is 4. The third-order valence-electron chi connectivity index (χ3n) is 1.94. The summed E-state index contributed by atoms with van der Waals surface area (Å²) in [6.45, 7) is 2.90. The maximum atomic E-state index is 10.6. The summed E-state index contributed by atoms with van der Waals surface area (Å²) < 4.78 is 65.7. The summed E-state index contributed by atoms with van der Waals surface area (Å²) in [5, 5.41) is 0. The molecule has 0 atom stereocenters. The van der Waals surface area contributed by atoms with Gasteiger partial charge in [0.15, 0.2) is 0 Å². The predicted molar refractivity (Wildman–Crippen MR) is 65.5 cm³/mol. The van der Waals surface area contributed by atoms with Gasteiger partial charge in [0, 0.05) is 0 Å². The molecule has 2 N–H and O–H groups in total. The van der Waals surface area contributed by atoms with Gasteiger partial charge >= 0.3 is 20.6 Å². The molecule has 10 heteroatoms. The van der Waals surface area contributed by atoms with Gasteiger partial charge < -0.3 is 0 Å². The first kappa shape index (κ1) is 14.7. The van der Waals surface area contributed by atoms with Gasteiger partial charge in [0.05, 0.1) is 11.4 Å². The van der Waals surface area contributed by atoms with E-state index in [-0.39, 0.29) is 22.6 Å². The Labute approximate surface area is 104 Å². The number of rotatable bonds is 2. The fourth-order valence-corrected chi connectivity index (χ4v) is 2.12. The number of hydrogen-bond acceptors (Lipinski definition) is 4. The van der Waals surface area contributed by atoms with E-state index in [1.807, 2.05) is 0 Å². The minimum atomic E-state index is -4.54. The molecule has 0 aromatic rings. The van der Waals surface area contributed by atoms with Gasteiger partial charge in [0.1, 0.15) is 0 Å². The first-order valence-corrected chi connectivity index (χ1v) is 7.29. The van der Waals surface area contributed by atoms with Crippen molar-refractivity contribution >= 4 is 32.0 Å². The molecule has 0 amide bonds. The van der Waals surface area contributed by atoms with E-state index in [1.54, 1.807) is 0 Å². The van der Waals surface area contributed by atoms with Gasteiger partial charge in [-0.1, -0.05) is 0 Å². The zero-order valence-corrected chi connectivity index (χ0v) is 11.0. The van der Waals surface area contributed by atoms with Gasteiger partial charge in [-0.05, 0) is 37.1 Å². The molecule has 0 aromatic heterocycles. The lowest BCUT2D eigenvalue weighted by atomic mass is 9.98. The Morgan fingerprint density at radius 1 is 0.833 bits per heavy atom. The summed E-state index contributed by atoms with van der Waals surface area (Å²) >= 11 is 0. The lowest BCUT2D eigenvalue weighted by Crippen LogP contribution is -2.13. The molecule has 1 aliphatic rings. The average molecular weight is 294 g/mol. The predicted octanol–water partition coefficient (Wildman–Crippen LogP) is 0.380. The standard InChI is InChI=1S/C8H10N2O6S2/c1-5-3-8(10-18(14,15)16)6(2)4-7(5)9-17(11,12)13/h3-4H,1-2H3,(H,11,12,13)(H,14,15,16)/b9-7+,10-8+. The Kier molecular flexibility index (Phi) is 3.86. The summed E-state index contributed by atoms with van der Waals surface area (Å²) in [7, 11) is -9.08. The van der Waals surface area contributed by atoms with E-state index in [0.717, 1.165) is 0 Å². The van der Waals surface area contributed by atoms with E-state index >= 15 is 0 Å². The fourth-order valence-electron chi connectivity index (χ4n) is 1.23. The normalized spacial score (nSPS) is 22.0. The van der Waals surface area contributed by atoms with Crippen LogP contribution in [0.5, 0.6) is 0 Å². The Hall–Kier alpha value is -1.36. The van der Waals surface area contributed by atoms with Crippen molar-refractivity contribution in [3.63, 3.8) is 0 Å². The number of nitrogens with zero attached hydrogens (tertiary/aromatic N) is 2. The molecule has 8 nitrogen and oxygen atoms in total. The molecule has 0 unspecified atom stereocenters. The van der Waals surface area contributed by atoms with E-state index < -0.39 is 20.6 Å². The van der Waals surface area contributed by atoms with Crippen LogP contribution >= 0.6 is 0 Å². The maximum Gasteiger partial charge on any atom is 0.378 e. The number of hydrogen-bond donors (Lipinski definition) is 2. The molecule has 0 radical (unpaired) electrons. The second-order valence-electron chi connectivity index (χ2n) is 3.50. The fraction of sp³-hybridized carbons (Fsp3) is 0.250. The van der Waals surface area contributed by atoms with Crippen LogP contribution in [0.15, 0.2) is 32.1 Å². The summed E-state index contributed by atoms with van der Waals surface area (Å²) in [6, 6.07) is 0. The highest BCUT2D eigenvalue weighted by molar-refractivity contribution is 7.84. The Morgan fingerprint density at radius 3 is 1.33 bits per heavy atom. The molecule has 0 aliphatic heterocycles. The zero-order chi connectivity index (χ0) is 14.1. The summed E-state index contributed by atoms with van der Waals surface area (Å²) in [6.07, 6.45) is 2.46. The molecule has 0 spiro atoms. The van der Waals surface area contributed by atoms with Crippen LogP contribution in [0.3, 0.4) is 0 Å². The monoisotopic (exact) mass is 294 g/mol. The van der Waals surface area contributed by atoms with Crippen LogP contribution < -0.4 is 0 Å². The first-order chi connectivity index (χ1) is 7.98. The minimum absolute atomic E-state index is 0.0377. The molecule has 0 aromatic carbocycles. The summed E-state index contributed by atoms with van der Waals surface area (Å²) in [5.41, 5.74) is 0.481. The van der Waals surface area contributed by atoms with Gasteiger partial charge in [-0.25, -0.2) is 0 Å². The van der Waals surface area contributed by atoms with Gasteiger partial charge in [-0.2, -0.15) is 16.8 Å². The van der Waals surface area contributed by atoms with E-state index in [2.05, 4.69) is 8.80 Å². The highest BCUT2D eigenvalue weighted by atomic mass is 32.2. The Bertz CT molecular complexity index is 632. The van der Waals surface area contributed by atoms with Crippen molar-refractivity contribution in [1.82, 2.24) is 0 Å². The molecule has 0 saturated carbocycles. The summed E-state index contributed by atoms with van der Waals surface area (Å²) in [4.78, 5) is 0. The average Bonchev–Trinajstić information content (AvgIpc) is 2.08. The molecule has 1 aliphatic carbocycles. The van der Waals surface area contributed by atoms with Crippen LogP contribution in [0.2, 0.25) is 0 Å². The van der Waals surface area contributed by atoms with Gasteiger partial charge in [0.2, 0.25) is 0 Å². The maximum absolute atomic E-state index is 10.6. The SMILES string of the molecule is CC1=CC(=N\S(=O)(=O)O)/C(C)=CC/1=N\S(=O)(=O)O. The third kappa shape index (κ3) is 4.49. The second kappa shape index (κ2) is 4.72.